The molecular formula is C13H16FN5O. The van der Waals surface area contributed by atoms with Crippen LogP contribution in [0.4, 0.5) is 10.1 Å². The number of nitrogens with zero attached hydrogens (tertiary/aromatic N) is 4. The predicted octanol–water partition coefficient (Wildman–Crippen LogP) is 1.63. The van der Waals surface area contributed by atoms with Crippen LogP contribution in [0.1, 0.15) is 19.8 Å². The van der Waals surface area contributed by atoms with Crippen molar-refractivity contribution in [3.8, 4) is 11.4 Å². The Kier molecular flexibility index (Phi) is 3.13. The summed E-state index contributed by atoms with van der Waals surface area (Å²) >= 11 is 0. The first-order valence-corrected chi connectivity index (χ1v) is 6.53. The zero-order valence-corrected chi connectivity index (χ0v) is 11.2. The molecule has 0 aliphatic carbocycles. The van der Waals surface area contributed by atoms with E-state index in [0.29, 0.717) is 17.9 Å². The second-order valence-electron chi connectivity index (χ2n) is 5.30. The first-order chi connectivity index (χ1) is 9.57. The SMILES string of the molecule is CC1(Cn2nnnc2-c2ccc(F)c(N)c2)CCCO1. The molecule has 20 heavy (non-hydrogen) atoms. The van der Waals surface area contributed by atoms with Crippen LogP contribution in [0.15, 0.2) is 18.2 Å². The summed E-state index contributed by atoms with van der Waals surface area (Å²) < 4.78 is 20.7. The molecule has 1 atom stereocenters. The first-order valence-electron chi connectivity index (χ1n) is 6.53. The molecule has 3 rings (SSSR count). The maximum Gasteiger partial charge on any atom is 0.182 e. The van der Waals surface area contributed by atoms with E-state index < -0.39 is 5.82 Å². The predicted molar refractivity (Wildman–Crippen MR) is 71.2 cm³/mol. The molecule has 0 amide bonds. The Morgan fingerprint density at radius 3 is 3.05 bits per heavy atom. The van der Waals surface area contributed by atoms with E-state index in [1.54, 1.807) is 10.7 Å². The van der Waals surface area contributed by atoms with Crippen molar-refractivity contribution >= 4 is 5.69 Å². The number of ether oxygens (including phenoxy) is 1. The number of nitrogens with two attached hydrogens (primary N) is 1. The number of tetrazole rings is 1. The van der Waals surface area contributed by atoms with E-state index >= 15 is 0 Å². The lowest BCUT2D eigenvalue weighted by atomic mass is 10.0. The molecule has 7 heteroatoms. The highest BCUT2D eigenvalue weighted by atomic mass is 19.1. The largest absolute Gasteiger partial charge is 0.396 e. The molecule has 2 aromatic rings. The molecule has 0 bridgehead atoms. The molecule has 0 radical (unpaired) electrons. The quantitative estimate of drug-likeness (QED) is 0.863. The third kappa shape index (κ3) is 2.36. The van der Waals surface area contributed by atoms with Gasteiger partial charge in [-0.1, -0.05) is 0 Å². The van der Waals surface area contributed by atoms with Gasteiger partial charge in [-0.3, -0.25) is 0 Å². The van der Waals surface area contributed by atoms with Crippen LogP contribution >= 0.6 is 0 Å². The number of rotatable bonds is 3. The maximum absolute atomic E-state index is 13.2. The summed E-state index contributed by atoms with van der Waals surface area (Å²) in [6.45, 7) is 3.37. The molecule has 0 saturated carbocycles. The minimum absolute atomic E-state index is 0.0837. The van der Waals surface area contributed by atoms with Gasteiger partial charge in [0.05, 0.1) is 17.8 Å². The lowest BCUT2D eigenvalue weighted by Crippen LogP contribution is -2.30. The Morgan fingerprint density at radius 1 is 1.50 bits per heavy atom. The van der Waals surface area contributed by atoms with Gasteiger partial charge in [-0.25, -0.2) is 9.07 Å². The molecule has 1 aromatic carbocycles. The molecule has 1 saturated heterocycles. The van der Waals surface area contributed by atoms with Gasteiger partial charge in [-0.15, -0.1) is 5.10 Å². The van der Waals surface area contributed by atoms with Gasteiger partial charge in [-0.2, -0.15) is 0 Å². The molecule has 1 aromatic heterocycles. The van der Waals surface area contributed by atoms with E-state index in [4.69, 9.17) is 10.5 Å². The Bertz CT molecular complexity index is 621. The fourth-order valence-electron chi connectivity index (χ4n) is 2.48. The summed E-state index contributed by atoms with van der Waals surface area (Å²) in [5.41, 5.74) is 6.11. The fraction of sp³-hybridized carbons (Fsp3) is 0.462. The molecule has 1 unspecified atom stereocenters. The number of benzene rings is 1. The van der Waals surface area contributed by atoms with E-state index in [0.717, 1.165) is 19.4 Å². The molecule has 0 spiro atoms. The Hall–Kier alpha value is -2.02. The topological polar surface area (TPSA) is 78.9 Å². The van der Waals surface area contributed by atoms with Gasteiger partial charge >= 0.3 is 0 Å². The van der Waals surface area contributed by atoms with Crippen LogP contribution in [0.2, 0.25) is 0 Å². The number of hydrogen-bond acceptors (Lipinski definition) is 5. The van der Waals surface area contributed by atoms with Crippen LogP contribution < -0.4 is 5.73 Å². The minimum Gasteiger partial charge on any atom is -0.396 e. The Labute approximate surface area is 115 Å². The van der Waals surface area contributed by atoms with Gasteiger partial charge in [0.1, 0.15) is 5.82 Å². The average molecular weight is 277 g/mol. The van der Waals surface area contributed by atoms with Crippen molar-refractivity contribution < 1.29 is 9.13 Å². The molecule has 6 nitrogen and oxygen atoms in total. The molecular weight excluding hydrogens is 261 g/mol. The number of anilines is 1. The van der Waals surface area contributed by atoms with Gasteiger partial charge < -0.3 is 10.5 Å². The Morgan fingerprint density at radius 2 is 2.35 bits per heavy atom. The molecule has 2 N–H and O–H groups in total. The van der Waals surface area contributed by atoms with Gasteiger partial charge in [0.15, 0.2) is 5.82 Å². The first kappa shape index (κ1) is 13.0. The Balaban J connectivity index is 1.91. The molecule has 106 valence electrons. The average Bonchev–Trinajstić information content (AvgIpc) is 3.03. The van der Waals surface area contributed by atoms with E-state index in [2.05, 4.69) is 15.5 Å². The summed E-state index contributed by atoms with van der Waals surface area (Å²) in [6, 6.07) is 4.47. The van der Waals surface area contributed by atoms with E-state index in [1.807, 2.05) is 6.92 Å². The monoisotopic (exact) mass is 277 g/mol. The zero-order valence-electron chi connectivity index (χ0n) is 11.2. The van der Waals surface area contributed by atoms with Gasteiger partial charge in [0.25, 0.3) is 0 Å². The highest BCUT2D eigenvalue weighted by molar-refractivity contribution is 5.61. The maximum atomic E-state index is 13.2. The number of nitrogen functional groups attached to an aromatic ring is 1. The third-order valence-corrected chi connectivity index (χ3v) is 3.57. The second kappa shape index (κ2) is 4.82. The van der Waals surface area contributed by atoms with E-state index in [-0.39, 0.29) is 11.3 Å². The minimum atomic E-state index is -0.445. The number of hydrogen-bond donors (Lipinski definition) is 1. The molecule has 2 heterocycles. The van der Waals surface area contributed by atoms with Crippen molar-refractivity contribution in [3.63, 3.8) is 0 Å². The summed E-state index contributed by atoms with van der Waals surface area (Å²) in [5, 5.41) is 11.7. The third-order valence-electron chi connectivity index (χ3n) is 3.57. The van der Waals surface area contributed by atoms with Crippen molar-refractivity contribution in [3.05, 3.63) is 24.0 Å². The molecule has 1 fully saturated rings. The van der Waals surface area contributed by atoms with Crippen LogP contribution in [0.3, 0.4) is 0 Å². The second-order valence-corrected chi connectivity index (χ2v) is 5.30. The van der Waals surface area contributed by atoms with Crippen LogP contribution in [-0.2, 0) is 11.3 Å². The van der Waals surface area contributed by atoms with Crippen LogP contribution in [0.5, 0.6) is 0 Å². The van der Waals surface area contributed by atoms with Crippen molar-refractivity contribution in [1.82, 2.24) is 20.2 Å². The molecule has 1 aliphatic rings. The fourth-order valence-corrected chi connectivity index (χ4v) is 2.48. The summed E-state index contributed by atoms with van der Waals surface area (Å²) in [6.07, 6.45) is 2.01. The summed E-state index contributed by atoms with van der Waals surface area (Å²) in [5.74, 6) is 0.118. The number of aromatic nitrogens is 4. The van der Waals surface area contributed by atoms with Gasteiger partial charge in [0, 0.05) is 12.2 Å². The lowest BCUT2D eigenvalue weighted by Gasteiger charge is -2.23. The van der Waals surface area contributed by atoms with Crippen molar-refractivity contribution in [1.29, 1.82) is 0 Å². The zero-order chi connectivity index (χ0) is 14.2. The molecule has 1 aliphatic heterocycles. The van der Waals surface area contributed by atoms with Gasteiger partial charge in [-0.05, 0) is 48.4 Å². The van der Waals surface area contributed by atoms with Crippen molar-refractivity contribution in [2.75, 3.05) is 12.3 Å². The van der Waals surface area contributed by atoms with Crippen LogP contribution in [0, 0.1) is 5.82 Å². The summed E-state index contributed by atoms with van der Waals surface area (Å²) in [7, 11) is 0. The standard InChI is InChI=1S/C13H16FN5O/c1-13(5-2-6-20-13)8-19-12(16-17-18-19)9-3-4-10(14)11(15)7-9/h3-4,7H,2,5-6,8,15H2,1H3. The smallest absolute Gasteiger partial charge is 0.182 e. The normalized spacial score (nSPS) is 22.3. The lowest BCUT2D eigenvalue weighted by molar-refractivity contribution is 0.00355. The van der Waals surface area contributed by atoms with Crippen molar-refractivity contribution in [2.24, 2.45) is 0 Å². The summed E-state index contributed by atoms with van der Waals surface area (Å²) in [4.78, 5) is 0. The highest BCUT2D eigenvalue weighted by Gasteiger charge is 2.31. The highest BCUT2D eigenvalue weighted by Crippen LogP contribution is 2.28. The number of halogens is 1. The van der Waals surface area contributed by atoms with E-state index in [1.165, 1.54) is 12.1 Å². The van der Waals surface area contributed by atoms with Crippen LogP contribution in [-0.4, -0.2) is 32.4 Å². The van der Waals surface area contributed by atoms with Gasteiger partial charge in [0.2, 0.25) is 0 Å². The van der Waals surface area contributed by atoms with Crippen LogP contribution in [0.25, 0.3) is 11.4 Å². The van der Waals surface area contributed by atoms with Crippen molar-refractivity contribution in [2.45, 2.75) is 31.9 Å². The van der Waals surface area contributed by atoms with E-state index in [9.17, 15) is 4.39 Å².